The molecular formula is C8H17NO3. The largest absolute Gasteiger partial charge is 0.542 e. The van der Waals surface area contributed by atoms with Crippen LogP contribution < -0.4 is 5.11 Å². The van der Waals surface area contributed by atoms with Gasteiger partial charge in [0.05, 0.1) is 21.1 Å². The second-order valence-corrected chi connectivity index (χ2v) is 3.87. The lowest BCUT2D eigenvalue weighted by atomic mass is 10.1. The molecule has 0 fully saturated rings. The number of aliphatic carboxylic acids is 1. The van der Waals surface area contributed by atoms with E-state index in [1.165, 1.54) is 0 Å². The summed E-state index contributed by atoms with van der Waals surface area (Å²) in [6.45, 7) is 1.82. The zero-order valence-corrected chi connectivity index (χ0v) is 8.13. The van der Waals surface area contributed by atoms with Crippen molar-refractivity contribution >= 4 is 5.97 Å². The maximum atomic E-state index is 10.7. The monoisotopic (exact) mass is 175 g/mol. The highest BCUT2D eigenvalue weighted by atomic mass is 16.4. The van der Waals surface area contributed by atoms with E-state index in [4.69, 9.17) is 0 Å². The van der Waals surface area contributed by atoms with E-state index in [1.54, 1.807) is 21.1 Å². The maximum Gasteiger partial charge on any atom is 0.241 e. The van der Waals surface area contributed by atoms with Gasteiger partial charge in [-0.2, -0.15) is 0 Å². The molecule has 0 rings (SSSR count). The van der Waals surface area contributed by atoms with E-state index < -0.39 is 11.7 Å². The standard InChI is InChI=1S/C8H17NO3/c1-5-6-8(12,7(10)11)9(2,3)4/h12H,5-6H2,1-4H3. The normalized spacial score (nSPS) is 17.1. The van der Waals surface area contributed by atoms with Crippen molar-refractivity contribution in [2.24, 2.45) is 0 Å². The van der Waals surface area contributed by atoms with Crippen LogP contribution in [0, 0.1) is 0 Å². The number of carbonyl (C=O) groups is 1. The van der Waals surface area contributed by atoms with Gasteiger partial charge in [-0.15, -0.1) is 0 Å². The Morgan fingerprint density at radius 3 is 2.00 bits per heavy atom. The molecule has 0 saturated carbocycles. The highest BCUT2D eigenvalue weighted by Gasteiger charge is 2.41. The number of carbonyl (C=O) groups excluding carboxylic acids is 1. The number of rotatable bonds is 4. The van der Waals surface area contributed by atoms with E-state index in [1.807, 2.05) is 6.92 Å². The Balaban J connectivity index is 4.75. The second-order valence-electron chi connectivity index (χ2n) is 3.87. The van der Waals surface area contributed by atoms with Gasteiger partial charge in [0.25, 0.3) is 0 Å². The summed E-state index contributed by atoms with van der Waals surface area (Å²) in [7, 11) is 4.89. The lowest BCUT2D eigenvalue weighted by Crippen LogP contribution is -2.66. The molecule has 1 N–H and O–H groups in total. The number of quaternary nitrogens is 1. The Morgan fingerprint density at radius 1 is 1.50 bits per heavy atom. The molecule has 0 aliphatic rings. The molecular weight excluding hydrogens is 158 g/mol. The smallest absolute Gasteiger partial charge is 0.241 e. The Hall–Kier alpha value is -0.610. The van der Waals surface area contributed by atoms with Crippen molar-refractivity contribution in [2.75, 3.05) is 21.1 Å². The molecule has 0 saturated heterocycles. The van der Waals surface area contributed by atoms with E-state index in [0.717, 1.165) is 0 Å². The van der Waals surface area contributed by atoms with Crippen LogP contribution in [-0.2, 0) is 4.79 Å². The summed E-state index contributed by atoms with van der Waals surface area (Å²) in [6, 6.07) is 0. The first-order chi connectivity index (χ1) is 5.25. The van der Waals surface area contributed by atoms with Crippen LogP contribution in [0.15, 0.2) is 0 Å². The Bertz CT molecular complexity index is 174. The summed E-state index contributed by atoms with van der Waals surface area (Å²) < 4.78 is -0.0385. The van der Waals surface area contributed by atoms with Crippen LogP contribution in [0.25, 0.3) is 0 Å². The van der Waals surface area contributed by atoms with Crippen LogP contribution >= 0.6 is 0 Å². The van der Waals surface area contributed by atoms with Crippen LogP contribution in [0.3, 0.4) is 0 Å². The predicted molar refractivity (Wildman–Crippen MR) is 42.9 cm³/mol. The molecule has 0 amide bonds. The molecule has 0 spiro atoms. The number of aliphatic hydroxyl groups is 1. The highest BCUT2D eigenvalue weighted by Crippen LogP contribution is 2.20. The molecule has 4 heteroatoms. The number of carboxylic acid groups (broad SMARTS) is 1. The third-order valence-electron chi connectivity index (χ3n) is 2.04. The van der Waals surface area contributed by atoms with Gasteiger partial charge in [0.15, 0.2) is 0 Å². The molecule has 0 radical (unpaired) electrons. The number of nitrogens with zero attached hydrogens (tertiary/aromatic N) is 1. The van der Waals surface area contributed by atoms with E-state index in [2.05, 4.69) is 0 Å². The van der Waals surface area contributed by atoms with E-state index in [0.29, 0.717) is 6.42 Å². The molecule has 0 aromatic carbocycles. The van der Waals surface area contributed by atoms with Crippen molar-refractivity contribution in [3.8, 4) is 0 Å². The molecule has 72 valence electrons. The maximum absolute atomic E-state index is 10.7. The minimum absolute atomic E-state index is 0.0385. The van der Waals surface area contributed by atoms with Crippen molar-refractivity contribution in [1.82, 2.24) is 0 Å². The van der Waals surface area contributed by atoms with Crippen molar-refractivity contribution in [2.45, 2.75) is 25.5 Å². The summed E-state index contributed by atoms with van der Waals surface area (Å²) in [5.41, 5.74) is -1.77. The molecule has 1 atom stereocenters. The molecule has 0 heterocycles. The number of hydrogen-bond acceptors (Lipinski definition) is 3. The van der Waals surface area contributed by atoms with Gasteiger partial charge in [0.1, 0.15) is 5.97 Å². The lowest BCUT2D eigenvalue weighted by Gasteiger charge is -2.42. The third kappa shape index (κ3) is 1.95. The fourth-order valence-electron chi connectivity index (χ4n) is 1.06. The van der Waals surface area contributed by atoms with Crippen molar-refractivity contribution in [1.29, 1.82) is 0 Å². The second kappa shape index (κ2) is 3.41. The van der Waals surface area contributed by atoms with Crippen molar-refractivity contribution in [3.63, 3.8) is 0 Å². The minimum atomic E-state index is -1.77. The quantitative estimate of drug-likeness (QED) is 0.437. The predicted octanol–water partition coefficient (Wildman–Crippen LogP) is -1.07. The summed E-state index contributed by atoms with van der Waals surface area (Å²) >= 11 is 0. The van der Waals surface area contributed by atoms with Crippen LogP contribution in [0.4, 0.5) is 0 Å². The first-order valence-electron chi connectivity index (χ1n) is 4.01. The van der Waals surface area contributed by atoms with Gasteiger partial charge >= 0.3 is 0 Å². The van der Waals surface area contributed by atoms with Crippen LogP contribution in [0.2, 0.25) is 0 Å². The number of likely N-dealkylation sites (N-methyl/N-ethyl adjacent to an activating group) is 1. The fourth-order valence-corrected chi connectivity index (χ4v) is 1.06. The average Bonchev–Trinajstić information content (AvgIpc) is 1.85. The number of carboxylic acids is 1. The third-order valence-corrected chi connectivity index (χ3v) is 2.04. The molecule has 0 aliphatic carbocycles. The lowest BCUT2D eigenvalue weighted by molar-refractivity contribution is -0.941. The van der Waals surface area contributed by atoms with Crippen molar-refractivity contribution < 1.29 is 19.5 Å². The first kappa shape index (κ1) is 11.4. The summed E-state index contributed by atoms with van der Waals surface area (Å²) in [5.74, 6) is -1.41. The van der Waals surface area contributed by atoms with E-state index >= 15 is 0 Å². The van der Waals surface area contributed by atoms with Gasteiger partial charge in [0.2, 0.25) is 5.72 Å². The fraction of sp³-hybridized carbons (Fsp3) is 0.875. The van der Waals surface area contributed by atoms with E-state index in [-0.39, 0.29) is 10.9 Å². The van der Waals surface area contributed by atoms with Gasteiger partial charge in [-0.25, -0.2) is 0 Å². The Morgan fingerprint density at radius 2 is 1.92 bits per heavy atom. The minimum Gasteiger partial charge on any atom is -0.542 e. The van der Waals surface area contributed by atoms with Gasteiger partial charge < -0.3 is 15.0 Å². The molecule has 1 unspecified atom stereocenters. The first-order valence-corrected chi connectivity index (χ1v) is 4.01. The molecule has 0 aromatic rings. The molecule has 4 nitrogen and oxygen atoms in total. The average molecular weight is 175 g/mol. The SMILES string of the molecule is CCCC(O)(C(=O)[O-])[N+](C)(C)C. The number of hydrogen-bond donors (Lipinski definition) is 1. The summed E-state index contributed by atoms with van der Waals surface area (Å²) in [5, 5.41) is 20.4. The van der Waals surface area contributed by atoms with Crippen LogP contribution in [-0.4, -0.2) is 42.4 Å². The zero-order chi connectivity index (χ0) is 9.99. The zero-order valence-electron chi connectivity index (χ0n) is 8.13. The van der Waals surface area contributed by atoms with Crippen LogP contribution in [0.5, 0.6) is 0 Å². The Labute approximate surface area is 73.0 Å². The summed E-state index contributed by atoms with van der Waals surface area (Å²) in [4.78, 5) is 10.7. The highest BCUT2D eigenvalue weighted by molar-refractivity contribution is 5.72. The van der Waals surface area contributed by atoms with Gasteiger partial charge in [-0.1, -0.05) is 6.92 Å². The van der Waals surface area contributed by atoms with Gasteiger partial charge in [-0.05, 0) is 6.42 Å². The van der Waals surface area contributed by atoms with Gasteiger partial charge in [0, 0.05) is 6.42 Å². The van der Waals surface area contributed by atoms with Crippen LogP contribution in [0.1, 0.15) is 19.8 Å². The Kier molecular flexibility index (Phi) is 3.24. The topological polar surface area (TPSA) is 60.4 Å². The molecule has 0 bridgehead atoms. The molecule has 0 aromatic heterocycles. The summed E-state index contributed by atoms with van der Waals surface area (Å²) in [6.07, 6.45) is 0.818. The van der Waals surface area contributed by atoms with Gasteiger partial charge in [-0.3, -0.25) is 4.48 Å². The van der Waals surface area contributed by atoms with Crippen molar-refractivity contribution in [3.05, 3.63) is 0 Å². The molecule has 12 heavy (non-hydrogen) atoms. The van der Waals surface area contributed by atoms with E-state index in [9.17, 15) is 15.0 Å². The molecule has 0 aliphatic heterocycles.